The molecule has 0 aliphatic heterocycles. The smallest absolute Gasteiger partial charge is 0.388 e. The molecule has 0 unspecified atom stereocenters. The summed E-state index contributed by atoms with van der Waals surface area (Å²) in [4.78, 5) is 0. The van der Waals surface area contributed by atoms with E-state index in [1.54, 1.807) is 0 Å². The predicted molar refractivity (Wildman–Crippen MR) is 76.7 cm³/mol. The van der Waals surface area contributed by atoms with Crippen LogP contribution in [0.2, 0.25) is 0 Å². The number of aliphatic hydroxyl groups is 1. The highest BCUT2D eigenvalue weighted by Gasteiger charge is 2.41. The molecule has 118 valence electrons. The number of aliphatic hydroxyl groups excluding tert-OH is 1. The van der Waals surface area contributed by atoms with Crippen molar-refractivity contribution in [3.63, 3.8) is 0 Å². The molecule has 0 amide bonds. The lowest BCUT2D eigenvalue weighted by molar-refractivity contribution is -0.137. The lowest BCUT2D eigenvalue weighted by Gasteiger charge is -2.45. The highest BCUT2D eigenvalue weighted by Crippen LogP contribution is 2.49. The Balaban J connectivity index is 2.24. The molecule has 1 fully saturated rings. The quantitative estimate of drug-likeness (QED) is 0.795. The Morgan fingerprint density at radius 2 is 1.76 bits per heavy atom. The second kappa shape index (κ2) is 5.64. The molecule has 1 aromatic rings. The van der Waals surface area contributed by atoms with Gasteiger partial charge in [0, 0.05) is 0 Å². The first-order valence-electron chi connectivity index (χ1n) is 7.48. The first kappa shape index (κ1) is 16.3. The van der Waals surface area contributed by atoms with E-state index in [9.17, 15) is 18.3 Å². The molecule has 0 radical (unpaired) electrons. The van der Waals surface area contributed by atoms with Gasteiger partial charge in [-0.15, -0.1) is 0 Å². The van der Waals surface area contributed by atoms with Gasteiger partial charge in [-0.2, -0.15) is 13.2 Å². The Kier molecular flexibility index (Phi) is 4.39. The van der Waals surface area contributed by atoms with Crippen molar-refractivity contribution in [2.24, 2.45) is 17.3 Å². The summed E-state index contributed by atoms with van der Waals surface area (Å²) in [7, 11) is 0. The van der Waals surface area contributed by atoms with E-state index in [2.05, 4.69) is 20.8 Å². The standard InChI is InChI=1S/C17H23F3O/c1-11-5-4-10-16(2,3)14(11)15(21)12-6-8-13(9-7-12)17(18,19)20/h6-9,11,14-15,21H,4-5,10H2,1-3H3/t11-,14-,15+/m0/s1. The molecule has 1 aromatic carbocycles. The van der Waals surface area contributed by atoms with Crippen LogP contribution in [0.3, 0.4) is 0 Å². The van der Waals surface area contributed by atoms with Crippen LogP contribution in [0.1, 0.15) is 57.3 Å². The van der Waals surface area contributed by atoms with E-state index in [4.69, 9.17) is 0 Å². The van der Waals surface area contributed by atoms with E-state index < -0.39 is 17.8 Å². The maximum atomic E-state index is 12.6. The van der Waals surface area contributed by atoms with Gasteiger partial charge in [0.25, 0.3) is 0 Å². The van der Waals surface area contributed by atoms with Crippen molar-refractivity contribution in [3.05, 3.63) is 35.4 Å². The minimum absolute atomic E-state index is 0.000216. The molecule has 1 aliphatic rings. The van der Waals surface area contributed by atoms with Gasteiger partial charge in [-0.1, -0.05) is 45.7 Å². The molecule has 0 bridgehead atoms. The lowest BCUT2D eigenvalue weighted by Crippen LogP contribution is -2.37. The molecule has 0 aromatic heterocycles. The zero-order valence-electron chi connectivity index (χ0n) is 12.7. The van der Waals surface area contributed by atoms with Crippen LogP contribution in [0.4, 0.5) is 13.2 Å². The van der Waals surface area contributed by atoms with Gasteiger partial charge in [-0.25, -0.2) is 0 Å². The van der Waals surface area contributed by atoms with Crippen molar-refractivity contribution in [3.8, 4) is 0 Å². The van der Waals surface area contributed by atoms with Crippen molar-refractivity contribution >= 4 is 0 Å². The predicted octanol–water partition coefficient (Wildman–Crippen LogP) is 5.20. The maximum Gasteiger partial charge on any atom is 0.416 e. The van der Waals surface area contributed by atoms with E-state index in [-0.39, 0.29) is 11.3 Å². The molecule has 0 spiro atoms. The van der Waals surface area contributed by atoms with Gasteiger partial charge in [0.2, 0.25) is 0 Å². The van der Waals surface area contributed by atoms with Gasteiger partial charge in [0.15, 0.2) is 0 Å². The fourth-order valence-corrected chi connectivity index (χ4v) is 3.81. The van der Waals surface area contributed by atoms with E-state index in [0.29, 0.717) is 11.5 Å². The summed E-state index contributed by atoms with van der Waals surface area (Å²) in [5.74, 6) is 0.439. The number of halogens is 3. The summed E-state index contributed by atoms with van der Waals surface area (Å²) in [5.41, 5.74) is -0.0935. The fraction of sp³-hybridized carbons (Fsp3) is 0.647. The van der Waals surface area contributed by atoms with E-state index in [1.807, 2.05) is 0 Å². The van der Waals surface area contributed by atoms with E-state index in [1.165, 1.54) is 12.1 Å². The summed E-state index contributed by atoms with van der Waals surface area (Å²) in [6.45, 7) is 6.40. The van der Waals surface area contributed by atoms with Crippen LogP contribution in [0.5, 0.6) is 0 Å². The molecule has 3 atom stereocenters. The third kappa shape index (κ3) is 3.42. The number of benzene rings is 1. The molecule has 1 N–H and O–H groups in total. The summed E-state index contributed by atoms with van der Waals surface area (Å²) >= 11 is 0. The number of hydrogen-bond donors (Lipinski definition) is 1. The van der Waals surface area contributed by atoms with Gasteiger partial charge < -0.3 is 5.11 Å². The monoisotopic (exact) mass is 300 g/mol. The first-order valence-corrected chi connectivity index (χ1v) is 7.48. The summed E-state index contributed by atoms with van der Waals surface area (Å²) in [6, 6.07) is 4.92. The van der Waals surface area contributed by atoms with Crippen molar-refractivity contribution in [2.75, 3.05) is 0 Å². The topological polar surface area (TPSA) is 20.2 Å². The van der Waals surface area contributed by atoms with Crippen molar-refractivity contribution in [1.82, 2.24) is 0 Å². The minimum atomic E-state index is -4.33. The zero-order chi connectivity index (χ0) is 15.8. The second-order valence-electron chi connectivity index (χ2n) is 6.95. The van der Waals surface area contributed by atoms with Crippen LogP contribution < -0.4 is 0 Å². The van der Waals surface area contributed by atoms with Gasteiger partial charge >= 0.3 is 6.18 Å². The Morgan fingerprint density at radius 1 is 1.19 bits per heavy atom. The van der Waals surface area contributed by atoms with Crippen LogP contribution >= 0.6 is 0 Å². The average molecular weight is 300 g/mol. The van der Waals surface area contributed by atoms with Crippen molar-refractivity contribution < 1.29 is 18.3 Å². The molecule has 2 rings (SSSR count). The molecule has 1 nitrogen and oxygen atoms in total. The third-order valence-corrected chi connectivity index (χ3v) is 4.92. The van der Waals surface area contributed by atoms with Crippen LogP contribution in [-0.4, -0.2) is 5.11 Å². The highest BCUT2D eigenvalue weighted by molar-refractivity contribution is 5.27. The second-order valence-corrected chi connectivity index (χ2v) is 6.95. The first-order chi connectivity index (χ1) is 9.63. The zero-order valence-corrected chi connectivity index (χ0v) is 12.7. The van der Waals surface area contributed by atoms with E-state index in [0.717, 1.165) is 31.4 Å². The molecule has 1 aliphatic carbocycles. The fourth-order valence-electron chi connectivity index (χ4n) is 3.81. The molecule has 0 saturated heterocycles. The Bertz CT molecular complexity index is 476. The van der Waals surface area contributed by atoms with Crippen LogP contribution in [-0.2, 0) is 6.18 Å². The van der Waals surface area contributed by atoms with Crippen LogP contribution in [0.15, 0.2) is 24.3 Å². The number of hydrogen-bond acceptors (Lipinski definition) is 1. The summed E-state index contributed by atoms with van der Waals surface area (Å²) in [6.07, 6.45) is -1.80. The van der Waals surface area contributed by atoms with Crippen molar-refractivity contribution in [1.29, 1.82) is 0 Å². The molecular weight excluding hydrogens is 277 g/mol. The molecule has 21 heavy (non-hydrogen) atoms. The Hall–Kier alpha value is -1.03. The number of alkyl halides is 3. The van der Waals surface area contributed by atoms with Crippen LogP contribution in [0, 0.1) is 17.3 Å². The summed E-state index contributed by atoms with van der Waals surface area (Å²) in [5, 5.41) is 10.7. The maximum absolute atomic E-state index is 12.6. The van der Waals surface area contributed by atoms with Crippen molar-refractivity contribution in [2.45, 2.75) is 52.3 Å². The SMILES string of the molecule is C[C@H]1CCCC(C)(C)[C@@H]1[C@H](O)c1ccc(C(F)(F)F)cc1. The third-order valence-electron chi connectivity index (χ3n) is 4.92. The van der Waals surface area contributed by atoms with Gasteiger partial charge in [0.05, 0.1) is 11.7 Å². The van der Waals surface area contributed by atoms with Gasteiger partial charge in [-0.05, 0) is 41.4 Å². The largest absolute Gasteiger partial charge is 0.416 e. The normalized spacial score (nSPS) is 27.4. The summed E-state index contributed by atoms with van der Waals surface area (Å²) < 4.78 is 37.8. The van der Waals surface area contributed by atoms with Gasteiger partial charge in [-0.3, -0.25) is 0 Å². The van der Waals surface area contributed by atoms with Crippen LogP contribution in [0.25, 0.3) is 0 Å². The highest BCUT2D eigenvalue weighted by atomic mass is 19.4. The molecule has 0 heterocycles. The molecular formula is C17H23F3O. The minimum Gasteiger partial charge on any atom is -0.388 e. The average Bonchev–Trinajstić information content (AvgIpc) is 2.36. The van der Waals surface area contributed by atoms with Gasteiger partial charge in [0.1, 0.15) is 0 Å². The molecule has 4 heteroatoms. The lowest BCUT2D eigenvalue weighted by atomic mass is 9.61. The molecule has 1 saturated carbocycles. The van der Waals surface area contributed by atoms with E-state index >= 15 is 0 Å². The number of rotatable bonds is 2. The Morgan fingerprint density at radius 3 is 2.24 bits per heavy atom. The Labute approximate surface area is 124 Å².